The van der Waals surface area contributed by atoms with Gasteiger partial charge in [0, 0.05) is 0 Å². The normalized spacial score (nSPS) is 12.9. The maximum absolute atomic E-state index is 10.4. The Morgan fingerprint density at radius 3 is 2.50 bits per heavy atom. The number of carbonyl (C=O) groups excluding carboxylic acids is 1. The molecule has 0 aromatic rings. The summed E-state index contributed by atoms with van der Waals surface area (Å²) in [6, 6.07) is 0. The van der Waals surface area contributed by atoms with Crippen LogP contribution in [0.5, 0.6) is 0 Å². The van der Waals surface area contributed by atoms with Crippen molar-refractivity contribution in [3.8, 4) is 0 Å². The summed E-state index contributed by atoms with van der Waals surface area (Å²) < 4.78 is 3.45. The van der Waals surface area contributed by atoms with E-state index in [1.54, 1.807) is 22.6 Å². The first kappa shape index (κ1) is 9.92. The van der Waals surface area contributed by atoms with Gasteiger partial charge >= 0.3 is 6.09 Å². The molecule has 0 rings (SSSR count). The number of alkyl carbamates (subject to hydrolysis) is 1. The van der Waals surface area contributed by atoms with Crippen LogP contribution in [-0.2, 0) is 4.74 Å². The minimum Gasteiger partial charge on any atom is -0.453 e. The van der Waals surface area contributed by atoms with E-state index in [9.17, 15) is 4.79 Å². The summed E-state index contributed by atoms with van der Waals surface area (Å²) in [6.45, 7) is 0. The van der Waals surface area contributed by atoms with E-state index >= 15 is 0 Å². The molecule has 0 spiro atoms. The first-order chi connectivity index (χ1) is 4.57. The Morgan fingerprint density at radius 1 is 1.70 bits per heavy atom. The lowest BCUT2D eigenvalue weighted by Crippen LogP contribution is -2.38. The molecule has 3 N–H and O–H groups in total. The van der Waals surface area contributed by atoms with E-state index in [-0.39, 0.29) is 0 Å². The second-order valence-corrected chi connectivity index (χ2v) is 2.79. The van der Waals surface area contributed by atoms with E-state index < -0.39 is 16.4 Å². The van der Waals surface area contributed by atoms with E-state index in [1.165, 1.54) is 7.11 Å². The summed E-state index contributed by atoms with van der Waals surface area (Å²) in [7, 11) is 1.20. The fourth-order valence-corrected chi connectivity index (χ4v) is 0.500. The van der Waals surface area contributed by atoms with Gasteiger partial charge in [-0.3, -0.25) is 0 Å². The Hall–Kier alpha value is -0.0800. The highest BCUT2D eigenvalue weighted by atomic mass is 127. The predicted molar refractivity (Wildman–Crippen MR) is 41.6 cm³/mol. The number of hydrogen-bond acceptors (Lipinski definition) is 4. The maximum atomic E-state index is 10.4. The Morgan fingerprint density at radius 2 is 2.20 bits per heavy atom. The number of alkyl halides is 1. The zero-order chi connectivity index (χ0) is 8.15. The quantitative estimate of drug-likeness (QED) is 0.269. The van der Waals surface area contributed by atoms with Crippen molar-refractivity contribution in [3.05, 3.63) is 0 Å². The largest absolute Gasteiger partial charge is 0.453 e. The third-order valence-electron chi connectivity index (χ3n) is 0.703. The van der Waals surface area contributed by atoms with Gasteiger partial charge in [0.05, 0.1) is 7.11 Å². The summed E-state index contributed by atoms with van der Waals surface area (Å²) in [6.07, 6.45) is -2.26. The molecule has 0 heterocycles. The smallest absolute Gasteiger partial charge is 0.407 e. The van der Waals surface area contributed by atoms with E-state index in [1.807, 2.05) is 0 Å². The average molecular weight is 261 g/mol. The molecule has 60 valence electrons. The van der Waals surface area contributed by atoms with Gasteiger partial charge in [0.2, 0.25) is 0 Å². The Labute approximate surface area is 71.5 Å². The minimum atomic E-state index is -1.57. The Balaban J connectivity index is 3.57. The minimum absolute atomic E-state index is 0.687. The predicted octanol–water partition coefficient (Wildman–Crippen LogP) is -0.586. The lowest BCUT2D eigenvalue weighted by molar-refractivity contribution is -0.0413. The number of halogens is 1. The molecule has 0 unspecified atom stereocenters. The van der Waals surface area contributed by atoms with Crippen molar-refractivity contribution in [3.63, 3.8) is 0 Å². The van der Waals surface area contributed by atoms with Gasteiger partial charge in [-0.25, -0.2) is 4.79 Å². The second kappa shape index (κ2) is 4.69. The number of methoxy groups -OCH3 is 1. The van der Waals surface area contributed by atoms with Crippen LogP contribution in [0.3, 0.4) is 0 Å². The van der Waals surface area contributed by atoms with Crippen LogP contribution in [0, 0.1) is 0 Å². The van der Waals surface area contributed by atoms with Crippen LogP contribution in [0.15, 0.2) is 0 Å². The number of nitrogens with one attached hydrogen (secondary N) is 1. The molecule has 10 heavy (non-hydrogen) atoms. The number of amides is 1. The van der Waals surface area contributed by atoms with Crippen molar-refractivity contribution in [2.24, 2.45) is 0 Å². The third kappa shape index (κ3) is 3.85. The van der Waals surface area contributed by atoms with Gasteiger partial charge in [0.25, 0.3) is 0 Å². The molecule has 0 radical (unpaired) electrons. The molecule has 0 aromatic carbocycles. The molecule has 0 saturated carbocycles. The zero-order valence-electron chi connectivity index (χ0n) is 5.24. The summed E-state index contributed by atoms with van der Waals surface area (Å²) in [5, 5.41) is 19.0. The molecular weight excluding hydrogens is 253 g/mol. The SMILES string of the molecule is COC(=O)N[C@@H](I)C(O)O. The lowest BCUT2D eigenvalue weighted by Gasteiger charge is -2.11. The van der Waals surface area contributed by atoms with Crippen LogP contribution >= 0.6 is 22.6 Å². The Kier molecular flexibility index (Phi) is 4.65. The van der Waals surface area contributed by atoms with E-state index in [2.05, 4.69) is 10.1 Å². The summed E-state index contributed by atoms with van der Waals surface area (Å²) in [5.41, 5.74) is 0. The molecule has 0 aliphatic heterocycles. The Bertz CT molecular complexity index is 118. The van der Waals surface area contributed by atoms with Crippen molar-refractivity contribution in [2.75, 3.05) is 7.11 Å². The van der Waals surface area contributed by atoms with Gasteiger partial charge in [-0.2, -0.15) is 0 Å². The maximum Gasteiger partial charge on any atom is 0.407 e. The standard InChI is InChI=1S/C4H8INO4/c1-10-4(9)6-2(5)3(7)8/h2-3,7-8H,1H3,(H,6,9)/t2-/m1/s1. The molecule has 0 bridgehead atoms. The van der Waals surface area contributed by atoms with Crippen LogP contribution in [0.25, 0.3) is 0 Å². The van der Waals surface area contributed by atoms with Gasteiger partial charge in [0.15, 0.2) is 6.29 Å². The van der Waals surface area contributed by atoms with Gasteiger partial charge in [-0.05, 0) is 0 Å². The van der Waals surface area contributed by atoms with Crippen LogP contribution in [0.4, 0.5) is 4.79 Å². The fraction of sp³-hybridized carbons (Fsp3) is 0.750. The van der Waals surface area contributed by atoms with Gasteiger partial charge in [0.1, 0.15) is 4.05 Å². The number of hydrogen-bond donors (Lipinski definition) is 3. The van der Waals surface area contributed by atoms with Gasteiger partial charge in [-0.1, -0.05) is 22.6 Å². The summed E-state index contributed by atoms with van der Waals surface area (Å²) >= 11 is 1.66. The number of aliphatic hydroxyl groups excluding tert-OH is 1. The average Bonchev–Trinajstić information content (AvgIpc) is 1.87. The highest BCUT2D eigenvalue weighted by Gasteiger charge is 2.14. The molecular formula is C4H8INO4. The van der Waals surface area contributed by atoms with Gasteiger partial charge < -0.3 is 20.3 Å². The molecule has 1 atom stereocenters. The van der Waals surface area contributed by atoms with Crippen molar-refractivity contribution >= 4 is 28.7 Å². The summed E-state index contributed by atoms with van der Waals surface area (Å²) in [5.74, 6) is 0. The zero-order valence-corrected chi connectivity index (χ0v) is 7.40. The van der Waals surface area contributed by atoms with Crippen molar-refractivity contribution in [1.29, 1.82) is 0 Å². The third-order valence-corrected chi connectivity index (χ3v) is 1.66. The van der Waals surface area contributed by atoms with Crippen LogP contribution in [-0.4, -0.2) is 33.8 Å². The first-order valence-electron chi connectivity index (χ1n) is 2.42. The van der Waals surface area contributed by atoms with Crippen molar-refractivity contribution < 1.29 is 19.7 Å². The van der Waals surface area contributed by atoms with E-state index in [0.29, 0.717) is 0 Å². The number of aliphatic hydroxyl groups is 2. The highest BCUT2D eigenvalue weighted by Crippen LogP contribution is 1.99. The summed E-state index contributed by atoms with van der Waals surface area (Å²) in [4.78, 5) is 10.4. The highest BCUT2D eigenvalue weighted by molar-refractivity contribution is 14.1. The van der Waals surface area contributed by atoms with Gasteiger partial charge in [-0.15, -0.1) is 0 Å². The molecule has 6 heteroatoms. The topological polar surface area (TPSA) is 78.8 Å². The van der Waals surface area contributed by atoms with Crippen LogP contribution < -0.4 is 5.32 Å². The monoisotopic (exact) mass is 261 g/mol. The van der Waals surface area contributed by atoms with E-state index in [4.69, 9.17) is 10.2 Å². The molecule has 0 aliphatic rings. The number of ether oxygens (including phenoxy) is 1. The van der Waals surface area contributed by atoms with Crippen molar-refractivity contribution in [2.45, 2.75) is 10.3 Å². The molecule has 0 aliphatic carbocycles. The molecule has 0 saturated heterocycles. The molecule has 1 amide bonds. The number of rotatable bonds is 2. The molecule has 0 aromatic heterocycles. The fourth-order valence-electron chi connectivity index (χ4n) is 0.246. The lowest BCUT2D eigenvalue weighted by atomic mass is 10.6. The van der Waals surface area contributed by atoms with Crippen LogP contribution in [0.2, 0.25) is 0 Å². The molecule has 0 fully saturated rings. The first-order valence-corrected chi connectivity index (χ1v) is 3.67. The van der Waals surface area contributed by atoms with Crippen molar-refractivity contribution in [1.82, 2.24) is 5.32 Å². The number of carbonyl (C=O) groups is 1. The van der Waals surface area contributed by atoms with E-state index in [0.717, 1.165) is 0 Å². The second-order valence-electron chi connectivity index (χ2n) is 1.45. The molecule has 5 nitrogen and oxygen atoms in total. The van der Waals surface area contributed by atoms with Crippen LogP contribution in [0.1, 0.15) is 0 Å².